The highest BCUT2D eigenvalue weighted by Gasteiger charge is 2.11. The highest BCUT2D eigenvalue weighted by molar-refractivity contribution is 5.62. The van der Waals surface area contributed by atoms with Crippen LogP contribution in [0.3, 0.4) is 0 Å². The van der Waals surface area contributed by atoms with Gasteiger partial charge in [0, 0.05) is 45.0 Å². The van der Waals surface area contributed by atoms with Crippen LogP contribution in [0.2, 0.25) is 0 Å². The van der Waals surface area contributed by atoms with E-state index in [4.69, 9.17) is 10.5 Å². The maximum Gasteiger partial charge on any atom is 0.230 e. The molecule has 2 fully saturated rings. The summed E-state index contributed by atoms with van der Waals surface area (Å²) in [4.78, 5) is 24.3. The first kappa shape index (κ1) is 26.0. The number of piperazine rings is 1. The Morgan fingerprint density at radius 3 is 2.21 bits per heavy atom. The molecule has 2 aromatic heterocycles. The molecular formula is C23H37N9O. The van der Waals surface area contributed by atoms with Crippen LogP contribution in [0.5, 0.6) is 0 Å². The number of hydrogen-bond donors (Lipinski definition) is 5. The Balaban J connectivity index is 0.000000320. The lowest BCUT2D eigenvalue weighted by atomic mass is 10.2. The molecule has 0 bridgehead atoms. The largest absolute Gasteiger partial charge is 0.383 e. The molecule has 0 saturated carbocycles. The molecule has 2 aliphatic heterocycles. The van der Waals surface area contributed by atoms with Crippen molar-refractivity contribution in [1.29, 1.82) is 0 Å². The van der Waals surface area contributed by atoms with E-state index in [1.807, 2.05) is 31.3 Å². The number of carbonyl (C=O) groups is 1. The number of anilines is 4. The van der Waals surface area contributed by atoms with E-state index in [0.29, 0.717) is 24.0 Å². The van der Waals surface area contributed by atoms with Crippen molar-refractivity contribution in [2.24, 2.45) is 0 Å². The van der Waals surface area contributed by atoms with Crippen LogP contribution >= 0.6 is 0 Å². The lowest BCUT2D eigenvalue weighted by Gasteiger charge is -2.29. The standard InChI is InChI=1S/C16H21N7.C5H11N.C2H5NO/c1-2-3-12-10-20-16(22-15(12)17)21-14-5-4-13(11-19-14)23-8-6-18-7-9-23;1-2-4-6-5-3-1;1-3-2-4/h2-5,10-11,18H,6-9H2,1H3,(H3,17,19,20,21,22);6H,1-5H2;2H,1H3,(H,3,4)/b3-2+;;. The van der Waals surface area contributed by atoms with Crippen LogP contribution in [-0.4, -0.2) is 67.7 Å². The van der Waals surface area contributed by atoms with Crippen molar-refractivity contribution in [3.8, 4) is 0 Å². The van der Waals surface area contributed by atoms with Gasteiger partial charge >= 0.3 is 0 Å². The Bertz CT molecular complexity index is 821. The topological polar surface area (TPSA) is 133 Å². The van der Waals surface area contributed by atoms with Gasteiger partial charge in [-0.05, 0) is 45.0 Å². The van der Waals surface area contributed by atoms with Gasteiger partial charge in [-0.2, -0.15) is 4.98 Å². The second-order valence-electron chi connectivity index (χ2n) is 7.52. The van der Waals surface area contributed by atoms with Crippen LogP contribution in [0, 0.1) is 0 Å². The average molecular weight is 456 g/mol. The highest BCUT2D eigenvalue weighted by Crippen LogP contribution is 2.18. The molecule has 0 unspecified atom stereocenters. The minimum Gasteiger partial charge on any atom is -0.383 e. The third kappa shape index (κ3) is 9.84. The molecule has 0 aliphatic carbocycles. The van der Waals surface area contributed by atoms with E-state index in [-0.39, 0.29) is 0 Å². The number of nitrogens with two attached hydrogens (primary N) is 1. The number of aromatic nitrogens is 3. The van der Waals surface area contributed by atoms with Crippen LogP contribution in [0.1, 0.15) is 31.7 Å². The summed E-state index contributed by atoms with van der Waals surface area (Å²) in [5.41, 5.74) is 7.84. The molecule has 10 heteroatoms. The van der Waals surface area contributed by atoms with E-state index in [9.17, 15) is 0 Å². The van der Waals surface area contributed by atoms with E-state index in [2.05, 4.69) is 47.2 Å². The number of allylic oxidation sites excluding steroid dienone is 1. The van der Waals surface area contributed by atoms with Crippen molar-refractivity contribution in [2.75, 3.05) is 62.3 Å². The van der Waals surface area contributed by atoms with Crippen molar-refractivity contribution in [2.45, 2.75) is 26.2 Å². The quantitative estimate of drug-likeness (QED) is 0.428. The lowest BCUT2D eigenvalue weighted by molar-refractivity contribution is -0.109. The number of piperidine rings is 1. The van der Waals surface area contributed by atoms with Gasteiger partial charge in [0.1, 0.15) is 11.6 Å². The van der Waals surface area contributed by atoms with E-state index in [0.717, 1.165) is 37.4 Å². The van der Waals surface area contributed by atoms with Gasteiger partial charge in [-0.1, -0.05) is 18.6 Å². The van der Waals surface area contributed by atoms with Crippen molar-refractivity contribution >= 4 is 35.8 Å². The Morgan fingerprint density at radius 2 is 1.73 bits per heavy atom. The SMILES string of the molecule is C/C=C/c1cnc(Nc2ccc(N3CCNCC3)cn2)nc1N.C1CCNCC1.CNC=O. The number of nitrogen functional groups attached to an aromatic ring is 1. The zero-order valence-electron chi connectivity index (χ0n) is 19.7. The molecule has 0 spiro atoms. The fourth-order valence-corrected chi connectivity index (χ4v) is 3.26. The Labute approximate surface area is 196 Å². The molecule has 0 aromatic carbocycles. The van der Waals surface area contributed by atoms with Gasteiger partial charge in [0.25, 0.3) is 0 Å². The zero-order valence-corrected chi connectivity index (χ0v) is 19.7. The summed E-state index contributed by atoms with van der Waals surface area (Å²) in [6.07, 6.45) is 12.2. The van der Waals surface area contributed by atoms with Crippen LogP contribution in [0.25, 0.3) is 6.08 Å². The fraction of sp³-hybridized carbons (Fsp3) is 0.478. The molecule has 0 radical (unpaired) electrons. The highest BCUT2D eigenvalue weighted by atomic mass is 16.1. The van der Waals surface area contributed by atoms with Gasteiger partial charge in [0.15, 0.2) is 0 Å². The molecule has 6 N–H and O–H groups in total. The summed E-state index contributed by atoms with van der Waals surface area (Å²) in [6.45, 7) is 8.44. The summed E-state index contributed by atoms with van der Waals surface area (Å²) in [7, 11) is 1.56. The van der Waals surface area contributed by atoms with Gasteiger partial charge in [-0.3, -0.25) is 4.79 Å². The number of amides is 1. The van der Waals surface area contributed by atoms with Crippen molar-refractivity contribution in [1.82, 2.24) is 30.9 Å². The molecule has 2 aliphatic rings. The molecular weight excluding hydrogens is 418 g/mol. The molecule has 4 rings (SSSR count). The van der Waals surface area contributed by atoms with Gasteiger partial charge in [-0.25, -0.2) is 9.97 Å². The first-order valence-electron chi connectivity index (χ1n) is 11.4. The van der Waals surface area contributed by atoms with E-state index < -0.39 is 0 Å². The number of hydrogen-bond acceptors (Lipinski definition) is 9. The molecule has 1 amide bonds. The first-order chi connectivity index (χ1) is 16.2. The van der Waals surface area contributed by atoms with Crippen LogP contribution < -0.4 is 31.9 Å². The summed E-state index contributed by atoms with van der Waals surface area (Å²) in [5, 5.41) is 12.0. The van der Waals surface area contributed by atoms with Crippen LogP contribution in [0.4, 0.5) is 23.3 Å². The summed E-state index contributed by atoms with van der Waals surface area (Å²) in [5.74, 6) is 1.58. The molecule has 2 aromatic rings. The van der Waals surface area contributed by atoms with E-state index in [1.54, 1.807) is 13.2 Å². The maximum absolute atomic E-state index is 9.06. The maximum atomic E-state index is 9.06. The van der Waals surface area contributed by atoms with Gasteiger partial charge in [0.05, 0.1) is 11.9 Å². The van der Waals surface area contributed by atoms with Gasteiger partial charge in [-0.15, -0.1) is 0 Å². The van der Waals surface area contributed by atoms with E-state index >= 15 is 0 Å². The van der Waals surface area contributed by atoms with Crippen molar-refractivity contribution in [3.05, 3.63) is 36.2 Å². The van der Waals surface area contributed by atoms with Crippen molar-refractivity contribution in [3.63, 3.8) is 0 Å². The fourth-order valence-electron chi connectivity index (χ4n) is 3.26. The third-order valence-electron chi connectivity index (χ3n) is 4.99. The van der Waals surface area contributed by atoms with Gasteiger partial charge in [0.2, 0.25) is 12.4 Å². The number of nitrogens with one attached hydrogen (secondary N) is 4. The predicted octanol–water partition coefficient (Wildman–Crippen LogP) is 1.76. The molecule has 180 valence electrons. The molecule has 33 heavy (non-hydrogen) atoms. The van der Waals surface area contributed by atoms with Crippen LogP contribution in [0.15, 0.2) is 30.6 Å². The Hall–Kier alpha value is -3.24. The van der Waals surface area contributed by atoms with Gasteiger partial charge < -0.3 is 31.9 Å². The Morgan fingerprint density at radius 1 is 1.03 bits per heavy atom. The summed E-state index contributed by atoms with van der Waals surface area (Å²) in [6, 6.07) is 3.98. The zero-order chi connectivity index (χ0) is 23.7. The Kier molecular flexibility index (Phi) is 12.3. The predicted molar refractivity (Wildman–Crippen MR) is 136 cm³/mol. The second kappa shape index (κ2) is 15.5. The number of carbonyl (C=O) groups excluding carboxylic acids is 1. The number of pyridine rings is 1. The molecule has 10 nitrogen and oxygen atoms in total. The summed E-state index contributed by atoms with van der Waals surface area (Å²) >= 11 is 0. The normalized spacial score (nSPS) is 15.5. The monoisotopic (exact) mass is 455 g/mol. The summed E-state index contributed by atoms with van der Waals surface area (Å²) < 4.78 is 0. The van der Waals surface area contributed by atoms with Crippen LogP contribution in [-0.2, 0) is 4.79 Å². The molecule has 4 heterocycles. The minimum atomic E-state index is 0.443. The number of nitrogens with zero attached hydrogens (tertiary/aromatic N) is 4. The second-order valence-corrected chi connectivity index (χ2v) is 7.52. The van der Waals surface area contributed by atoms with E-state index in [1.165, 1.54) is 32.4 Å². The smallest absolute Gasteiger partial charge is 0.230 e. The molecule has 0 atom stereocenters. The molecule has 2 saturated heterocycles. The lowest BCUT2D eigenvalue weighted by Crippen LogP contribution is -2.43. The first-order valence-corrected chi connectivity index (χ1v) is 11.4. The minimum absolute atomic E-state index is 0.443. The average Bonchev–Trinajstić information content (AvgIpc) is 2.88. The van der Waals surface area contributed by atoms with Crippen molar-refractivity contribution < 1.29 is 4.79 Å². The third-order valence-corrected chi connectivity index (χ3v) is 4.99. The number of rotatable bonds is 5.